The molecular weight excluding hydrogens is 237 g/mol. The molecule has 0 aliphatic carbocycles. The van der Waals surface area contributed by atoms with Crippen molar-refractivity contribution >= 4 is 42.5 Å². The summed E-state index contributed by atoms with van der Waals surface area (Å²) in [5.74, 6) is -0.856. The summed E-state index contributed by atoms with van der Waals surface area (Å²) in [7, 11) is 0. The first-order chi connectivity index (χ1) is 6.27. The molecule has 1 unspecified atom stereocenters. The second-order valence-electron chi connectivity index (χ2n) is 2.91. The van der Waals surface area contributed by atoms with Gasteiger partial charge in [-0.1, -0.05) is 30.4 Å². The zero-order chi connectivity index (χ0) is 9.26. The van der Waals surface area contributed by atoms with E-state index in [1.54, 1.807) is 6.08 Å². The first kappa shape index (κ1) is 13.8. The summed E-state index contributed by atoms with van der Waals surface area (Å²) in [6, 6.07) is 7.01. The normalized spacial score (nSPS) is 16.4. The van der Waals surface area contributed by atoms with Crippen LogP contribution >= 0.6 is 24.8 Å². The quantitative estimate of drug-likeness (QED) is 0.802. The fraction of sp³-hybridized carbons (Fsp3) is 0.100. The van der Waals surface area contributed by atoms with E-state index in [9.17, 15) is 4.79 Å². The molecule has 0 aromatic heterocycles. The molecular formula is C10H11Cl2NO2. The molecule has 0 spiro atoms. The minimum Gasteiger partial charge on any atom is -0.479 e. The van der Waals surface area contributed by atoms with Crippen molar-refractivity contribution in [3.05, 3.63) is 35.9 Å². The number of halogens is 2. The lowest BCUT2D eigenvalue weighted by Crippen LogP contribution is -2.28. The van der Waals surface area contributed by atoms with Crippen molar-refractivity contribution in [2.75, 3.05) is 5.32 Å². The van der Waals surface area contributed by atoms with Gasteiger partial charge in [-0.25, -0.2) is 4.79 Å². The van der Waals surface area contributed by atoms with E-state index >= 15 is 0 Å². The SMILES string of the molecule is Cl.Cl.O=C(O)C1C=Cc2ccccc2N1. The highest BCUT2D eigenvalue weighted by molar-refractivity contribution is 5.86. The number of anilines is 1. The maximum atomic E-state index is 10.7. The van der Waals surface area contributed by atoms with Crippen LogP contribution in [0.25, 0.3) is 6.08 Å². The van der Waals surface area contributed by atoms with E-state index in [0.29, 0.717) is 0 Å². The predicted molar refractivity (Wildman–Crippen MR) is 65.0 cm³/mol. The lowest BCUT2D eigenvalue weighted by Gasteiger charge is -2.18. The first-order valence-corrected chi connectivity index (χ1v) is 4.04. The highest BCUT2D eigenvalue weighted by Crippen LogP contribution is 2.22. The Morgan fingerprint density at radius 3 is 2.60 bits per heavy atom. The Morgan fingerprint density at radius 1 is 1.27 bits per heavy atom. The third-order valence-electron chi connectivity index (χ3n) is 2.01. The summed E-state index contributed by atoms with van der Waals surface area (Å²) in [6.07, 6.45) is 3.47. The van der Waals surface area contributed by atoms with E-state index in [1.165, 1.54) is 0 Å². The fourth-order valence-electron chi connectivity index (χ4n) is 1.33. The van der Waals surface area contributed by atoms with Crippen LogP contribution in [0.4, 0.5) is 5.69 Å². The van der Waals surface area contributed by atoms with Gasteiger partial charge in [-0.2, -0.15) is 0 Å². The van der Waals surface area contributed by atoms with Crippen molar-refractivity contribution in [3.8, 4) is 0 Å². The molecule has 82 valence electrons. The summed E-state index contributed by atoms with van der Waals surface area (Å²) in [6.45, 7) is 0. The summed E-state index contributed by atoms with van der Waals surface area (Å²) in [5, 5.41) is 11.7. The molecule has 2 rings (SSSR count). The number of rotatable bonds is 1. The van der Waals surface area contributed by atoms with Gasteiger partial charge >= 0.3 is 5.97 Å². The standard InChI is InChI=1S/C10H9NO2.2ClH/c12-10(13)9-6-5-7-3-1-2-4-8(7)11-9;;/h1-6,9,11H,(H,12,13);2*1H. The number of benzene rings is 1. The number of fused-ring (bicyclic) bond motifs is 1. The number of carboxylic acid groups (broad SMARTS) is 1. The number of para-hydroxylation sites is 1. The minimum absolute atomic E-state index is 0. The average Bonchev–Trinajstić information content (AvgIpc) is 2.17. The third-order valence-corrected chi connectivity index (χ3v) is 2.01. The molecule has 5 heteroatoms. The van der Waals surface area contributed by atoms with Gasteiger partial charge in [0, 0.05) is 5.69 Å². The first-order valence-electron chi connectivity index (χ1n) is 4.04. The van der Waals surface area contributed by atoms with Crippen LogP contribution in [0, 0.1) is 0 Å². The van der Waals surface area contributed by atoms with E-state index < -0.39 is 12.0 Å². The average molecular weight is 248 g/mol. The van der Waals surface area contributed by atoms with Crippen molar-refractivity contribution in [2.45, 2.75) is 6.04 Å². The number of hydrogen-bond acceptors (Lipinski definition) is 2. The van der Waals surface area contributed by atoms with Crippen LogP contribution in [0.1, 0.15) is 5.56 Å². The Bertz CT molecular complexity index is 379. The van der Waals surface area contributed by atoms with Crippen LogP contribution in [0.15, 0.2) is 30.3 Å². The highest BCUT2D eigenvalue weighted by atomic mass is 35.5. The van der Waals surface area contributed by atoms with Crippen LogP contribution < -0.4 is 5.32 Å². The Labute approximate surface area is 100 Å². The summed E-state index contributed by atoms with van der Waals surface area (Å²) in [5.41, 5.74) is 1.90. The Hall–Kier alpha value is -1.19. The molecule has 15 heavy (non-hydrogen) atoms. The van der Waals surface area contributed by atoms with Crippen LogP contribution in [0.3, 0.4) is 0 Å². The zero-order valence-corrected chi connectivity index (χ0v) is 9.35. The smallest absolute Gasteiger partial charge is 0.330 e. The van der Waals surface area contributed by atoms with Crippen molar-refractivity contribution in [1.29, 1.82) is 0 Å². The van der Waals surface area contributed by atoms with Crippen LogP contribution in [-0.2, 0) is 4.79 Å². The minimum atomic E-state index is -0.856. The third kappa shape index (κ3) is 2.88. The Kier molecular flexibility index (Phi) is 5.19. The van der Waals surface area contributed by atoms with E-state index in [-0.39, 0.29) is 24.8 Å². The molecule has 0 radical (unpaired) electrons. The monoisotopic (exact) mass is 247 g/mol. The van der Waals surface area contributed by atoms with Crippen LogP contribution in [0.5, 0.6) is 0 Å². The van der Waals surface area contributed by atoms with Gasteiger partial charge in [0.25, 0.3) is 0 Å². The number of nitrogens with one attached hydrogen (secondary N) is 1. The van der Waals surface area contributed by atoms with Gasteiger partial charge in [0.15, 0.2) is 0 Å². The molecule has 0 saturated heterocycles. The lowest BCUT2D eigenvalue weighted by atomic mass is 10.1. The van der Waals surface area contributed by atoms with Gasteiger partial charge < -0.3 is 10.4 Å². The zero-order valence-electron chi connectivity index (χ0n) is 7.71. The van der Waals surface area contributed by atoms with Gasteiger partial charge in [-0.15, -0.1) is 24.8 Å². The van der Waals surface area contributed by atoms with Gasteiger partial charge in [0.1, 0.15) is 6.04 Å². The molecule has 0 bridgehead atoms. The molecule has 3 nitrogen and oxygen atoms in total. The van der Waals surface area contributed by atoms with Gasteiger partial charge in [0.2, 0.25) is 0 Å². The molecule has 2 N–H and O–H groups in total. The van der Waals surface area contributed by atoms with E-state index in [4.69, 9.17) is 5.11 Å². The second-order valence-corrected chi connectivity index (χ2v) is 2.91. The molecule has 1 heterocycles. The number of aliphatic carboxylic acids is 1. The molecule has 0 amide bonds. The van der Waals surface area contributed by atoms with E-state index in [2.05, 4.69) is 5.32 Å². The maximum Gasteiger partial charge on any atom is 0.330 e. The molecule has 1 aromatic rings. The molecule has 0 saturated carbocycles. The fourth-order valence-corrected chi connectivity index (χ4v) is 1.33. The van der Waals surface area contributed by atoms with Crippen molar-refractivity contribution in [3.63, 3.8) is 0 Å². The second kappa shape index (κ2) is 5.63. The van der Waals surface area contributed by atoms with Gasteiger partial charge in [0.05, 0.1) is 0 Å². The molecule has 1 aliphatic heterocycles. The van der Waals surface area contributed by atoms with Gasteiger partial charge in [-0.3, -0.25) is 0 Å². The summed E-state index contributed by atoms with van der Waals surface area (Å²) < 4.78 is 0. The summed E-state index contributed by atoms with van der Waals surface area (Å²) >= 11 is 0. The van der Waals surface area contributed by atoms with Crippen LogP contribution in [-0.4, -0.2) is 17.1 Å². The molecule has 1 aromatic carbocycles. The van der Waals surface area contributed by atoms with Crippen molar-refractivity contribution in [1.82, 2.24) is 0 Å². The molecule has 1 aliphatic rings. The highest BCUT2D eigenvalue weighted by Gasteiger charge is 2.17. The summed E-state index contributed by atoms with van der Waals surface area (Å²) in [4.78, 5) is 10.7. The maximum absolute atomic E-state index is 10.7. The lowest BCUT2D eigenvalue weighted by molar-refractivity contribution is -0.136. The molecule has 1 atom stereocenters. The molecule has 0 fully saturated rings. The number of hydrogen-bond donors (Lipinski definition) is 2. The van der Waals surface area contributed by atoms with Crippen molar-refractivity contribution < 1.29 is 9.90 Å². The predicted octanol–water partition coefficient (Wildman–Crippen LogP) is 2.42. The Morgan fingerprint density at radius 2 is 1.93 bits per heavy atom. The van der Waals surface area contributed by atoms with E-state index in [1.807, 2.05) is 30.3 Å². The van der Waals surface area contributed by atoms with Gasteiger partial charge in [-0.05, 0) is 11.6 Å². The largest absolute Gasteiger partial charge is 0.479 e. The van der Waals surface area contributed by atoms with Crippen LogP contribution in [0.2, 0.25) is 0 Å². The van der Waals surface area contributed by atoms with Crippen molar-refractivity contribution in [2.24, 2.45) is 0 Å². The number of carbonyl (C=O) groups is 1. The number of carboxylic acids is 1. The topological polar surface area (TPSA) is 49.3 Å². The van der Waals surface area contributed by atoms with E-state index in [0.717, 1.165) is 11.3 Å². The Balaban J connectivity index is 0.000000980.